The summed E-state index contributed by atoms with van der Waals surface area (Å²) < 4.78 is 5.82. The molecule has 0 aliphatic heterocycles. The van der Waals surface area contributed by atoms with E-state index in [1.807, 2.05) is 49.6 Å². The van der Waals surface area contributed by atoms with Crippen LogP contribution in [0.5, 0.6) is 11.6 Å². The molecule has 25 heavy (non-hydrogen) atoms. The normalized spacial score (nSPS) is 11.4. The van der Waals surface area contributed by atoms with E-state index in [-0.39, 0.29) is 0 Å². The van der Waals surface area contributed by atoms with Crippen LogP contribution in [0.4, 0.5) is 0 Å². The Morgan fingerprint density at radius 3 is 2.76 bits per heavy atom. The van der Waals surface area contributed by atoms with E-state index in [4.69, 9.17) is 4.74 Å². The molecule has 2 aromatic heterocycles. The van der Waals surface area contributed by atoms with Crippen LogP contribution >= 0.6 is 11.3 Å². The zero-order chi connectivity index (χ0) is 17.6. The fourth-order valence-corrected chi connectivity index (χ4v) is 2.99. The van der Waals surface area contributed by atoms with Crippen molar-refractivity contribution in [1.29, 1.82) is 0 Å². The van der Waals surface area contributed by atoms with Crippen LogP contribution in [0.15, 0.2) is 59.0 Å². The molecule has 5 nitrogen and oxygen atoms in total. The van der Waals surface area contributed by atoms with Crippen molar-refractivity contribution >= 4 is 17.2 Å². The quantitative estimate of drug-likeness (QED) is 0.403. The molecule has 0 saturated heterocycles. The summed E-state index contributed by atoms with van der Waals surface area (Å²) in [4.78, 5) is 9.80. The zero-order valence-electron chi connectivity index (χ0n) is 14.1. The van der Waals surface area contributed by atoms with E-state index in [0.717, 1.165) is 16.2 Å². The predicted molar refractivity (Wildman–Crippen MR) is 99.7 cm³/mol. The topological polar surface area (TPSA) is 66.7 Å². The molecule has 3 rings (SSSR count). The summed E-state index contributed by atoms with van der Waals surface area (Å²) in [5.41, 5.74) is 5.07. The second kappa shape index (κ2) is 7.92. The van der Waals surface area contributed by atoms with Crippen molar-refractivity contribution in [1.82, 2.24) is 10.5 Å². The van der Waals surface area contributed by atoms with Gasteiger partial charge in [0.15, 0.2) is 5.84 Å². The molecule has 3 aromatic rings. The summed E-state index contributed by atoms with van der Waals surface area (Å²) >= 11 is 1.62. The highest BCUT2D eigenvalue weighted by molar-refractivity contribution is 7.09. The number of ether oxygens (including phenoxy) is 1. The lowest BCUT2D eigenvalue weighted by Crippen LogP contribution is -2.20. The lowest BCUT2D eigenvalue weighted by Gasteiger charge is -2.09. The molecular weight excluding hydrogens is 334 g/mol. The van der Waals surface area contributed by atoms with Gasteiger partial charge >= 0.3 is 0 Å². The Morgan fingerprint density at radius 1 is 1.24 bits per heavy atom. The third-order valence-electron chi connectivity index (χ3n) is 3.63. The Bertz CT molecular complexity index is 859. The number of nitrogens with one attached hydrogen (secondary N) is 1. The standard InChI is InChI=1S/C19H19N3O2S/c1-13-5-7-17(14(2)10-13)24-18-8-6-15(11-20-18)19(22-23)21-12-16-4-3-9-25-16/h3-11,23H,12H2,1-2H3,(H,21,22). The molecule has 0 unspecified atom stereocenters. The molecule has 0 amide bonds. The van der Waals surface area contributed by atoms with E-state index in [1.165, 1.54) is 5.56 Å². The molecule has 0 spiro atoms. The lowest BCUT2D eigenvalue weighted by molar-refractivity contribution is 0.234. The highest BCUT2D eigenvalue weighted by atomic mass is 32.1. The number of rotatable bonds is 5. The molecule has 2 heterocycles. The molecular formula is C19H19N3O2S. The SMILES string of the molecule is Cc1ccc(Oc2ccc(C(=NCc3cccs3)NO)cn2)c(C)c1. The number of aliphatic imine (C=N–C) groups is 1. The van der Waals surface area contributed by atoms with Gasteiger partial charge in [0.05, 0.1) is 6.54 Å². The van der Waals surface area contributed by atoms with Crippen molar-refractivity contribution in [3.05, 3.63) is 75.6 Å². The number of pyridine rings is 1. The Morgan fingerprint density at radius 2 is 2.12 bits per heavy atom. The Kier molecular flexibility index (Phi) is 5.42. The monoisotopic (exact) mass is 353 g/mol. The van der Waals surface area contributed by atoms with Gasteiger partial charge < -0.3 is 4.74 Å². The van der Waals surface area contributed by atoms with Crippen LogP contribution in [-0.4, -0.2) is 16.0 Å². The molecule has 0 aliphatic rings. The van der Waals surface area contributed by atoms with Gasteiger partial charge in [0.2, 0.25) is 5.88 Å². The summed E-state index contributed by atoms with van der Waals surface area (Å²) in [5.74, 6) is 1.64. The van der Waals surface area contributed by atoms with Crippen molar-refractivity contribution < 1.29 is 9.94 Å². The molecule has 6 heteroatoms. The summed E-state index contributed by atoms with van der Waals surface area (Å²) in [6.45, 7) is 4.55. The molecule has 0 aliphatic carbocycles. The van der Waals surface area contributed by atoms with Gasteiger partial charge in [-0.2, -0.15) is 0 Å². The zero-order valence-corrected chi connectivity index (χ0v) is 14.9. The van der Waals surface area contributed by atoms with Crippen molar-refractivity contribution in [2.24, 2.45) is 4.99 Å². The fraction of sp³-hybridized carbons (Fsp3) is 0.158. The van der Waals surface area contributed by atoms with Crippen molar-refractivity contribution in [3.63, 3.8) is 0 Å². The van der Waals surface area contributed by atoms with Crippen molar-refractivity contribution in [2.45, 2.75) is 20.4 Å². The summed E-state index contributed by atoms with van der Waals surface area (Å²) in [5, 5.41) is 11.3. The number of hydrogen-bond acceptors (Lipinski definition) is 5. The van der Waals surface area contributed by atoms with E-state index in [9.17, 15) is 5.21 Å². The first-order valence-corrected chi connectivity index (χ1v) is 8.72. The van der Waals surface area contributed by atoms with Gasteiger partial charge in [0.25, 0.3) is 0 Å². The molecule has 1 aromatic carbocycles. The predicted octanol–water partition coefficient (Wildman–Crippen LogP) is 4.48. The first-order valence-electron chi connectivity index (χ1n) is 7.84. The third kappa shape index (κ3) is 4.43. The smallest absolute Gasteiger partial charge is 0.219 e. The largest absolute Gasteiger partial charge is 0.439 e. The summed E-state index contributed by atoms with van der Waals surface area (Å²) in [6, 6.07) is 13.5. The maximum absolute atomic E-state index is 9.34. The van der Waals surface area contributed by atoms with Gasteiger partial charge in [0.1, 0.15) is 5.75 Å². The Labute approximate surface area is 150 Å². The number of thiophene rings is 1. The first kappa shape index (κ1) is 17.1. The summed E-state index contributed by atoms with van der Waals surface area (Å²) in [7, 11) is 0. The van der Waals surface area contributed by atoms with E-state index < -0.39 is 0 Å². The molecule has 2 N–H and O–H groups in total. The second-order valence-electron chi connectivity index (χ2n) is 5.61. The number of amidine groups is 1. The van der Waals surface area contributed by atoms with E-state index in [2.05, 4.69) is 21.5 Å². The first-order chi connectivity index (χ1) is 12.2. The Balaban J connectivity index is 1.73. The van der Waals surface area contributed by atoms with Gasteiger partial charge in [-0.15, -0.1) is 11.3 Å². The van der Waals surface area contributed by atoms with Crippen LogP contribution in [0.3, 0.4) is 0 Å². The van der Waals surface area contributed by atoms with Crippen molar-refractivity contribution in [2.75, 3.05) is 0 Å². The van der Waals surface area contributed by atoms with Gasteiger partial charge in [-0.1, -0.05) is 23.8 Å². The maximum atomic E-state index is 9.34. The molecule has 0 saturated carbocycles. The lowest BCUT2D eigenvalue weighted by atomic mass is 10.1. The molecule has 0 bridgehead atoms. The van der Waals surface area contributed by atoms with Gasteiger partial charge in [-0.05, 0) is 43.0 Å². The number of nitrogens with zero attached hydrogens (tertiary/aromatic N) is 2. The van der Waals surface area contributed by atoms with Crippen LogP contribution in [0.25, 0.3) is 0 Å². The second-order valence-corrected chi connectivity index (χ2v) is 6.64. The highest BCUT2D eigenvalue weighted by Gasteiger charge is 2.06. The fourth-order valence-electron chi connectivity index (χ4n) is 2.36. The van der Waals surface area contributed by atoms with E-state index in [0.29, 0.717) is 23.8 Å². The minimum absolute atomic E-state index is 0.374. The maximum Gasteiger partial charge on any atom is 0.219 e. The van der Waals surface area contributed by atoms with Crippen LogP contribution in [0, 0.1) is 13.8 Å². The molecule has 128 valence electrons. The molecule has 0 radical (unpaired) electrons. The minimum Gasteiger partial charge on any atom is -0.439 e. The van der Waals surface area contributed by atoms with Crippen LogP contribution in [0.1, 0.15) is 21.6 Å². The number of benzene rings is 1. The number of hydrogen-bond donors (Lipinski definition) is 2. The van der Waals surface area contributed by atoms with Crippen molar-refractivity contribution in [3.8, 4) is 11.6 Å². The number of aromatic nitrogens is 1. The average Bonchev–Trinajstić information content (AvgIpc) is 3.13. The highest BCUT2D eigenvalue weighted by Crippen LogP contribution is 2.24. The van der Waals surface area contributed by atoms with Gasteiger partial charge in [-0.25, -0.2) is 4.98 Å². The third-order valence-corrected chi connectivity index (χ3v) is 4.49. The van der Waals surface area contributed by atoms with E-state index >= 15 is 0 Å². The average molecular weight is 353 g/mol. The minimum atomic E-state index is 0.374. The molecule has 0 atom stereocenters. The van der Waals surface area contributed by atoms with Crippen LogP contribution in [0.2, 0.25) is 0 Å². The van der Waals surface area contributed by atoms with Crippen LogP contribution < -0.4 is 10.2 Å². The van der Waals surface area contributed by atoms with Gasteiger partial charge in [0, 0.05) is 22.7 Å². The van der Waals surface area contributed by atoms with Crippen LogP contribution in [-0.2, 0) is 6.54 Å². The van der Waals surface area contributed by atoms with E-state index in [1.54, 1.807) is 23.6 Å². The number of aryl methyl sites for hydroxylation is 2. The molecule has 0 fully saturated rings. The number of hydroxylamine groups is 1. The summed E-state index contributed by atoms with van der Waals surface area (Å²) in [6.07, 6.45) is 1.62. The Hall–Kier alpha value is -2.70. The van der Waals surface area contributed by atoms with Gasteiger partial charge in [-0.3, -0.25) is 15.7 Å².